The molecule has 0 fully saturated rings. The van der Waals surface area contributed by atoms with Crippen molar-refractivity contribution >= 4 is 17.9 Å². The first-order chi connectivity index (χ1) is 13.0. The van der Waals surface area contributed by atoms with Gasteiger partial charge in [-0.15, -0.1) is 0 Å². The van der Waals surface area contributed by atoms with Gasteiger partial charge in [0.25, 0.3) is 5.91 Å². The van der Waals surface area contributed by atoms with Crippen LogP contribution in [0.5, 0.6) is 11.5 Å². The minimum absolute atomic E-state index is 0.198. The first-order valence-corrected chi connectivity index (χ1v) is 8.43. The van der Waals surface area contributed by atoms with Crippen molar-refractivity contribution in [1.29, 1.82) is 0 Å². The van der Waals surface area contributed by atoms with Crippen molar-refractivity contribution in [3.8, 4) is 11.5 Å². The quantitative estimate of drug-likeness (QED) is 0.605. The van der Waals surface area contributed by atoms with E-state index in [1.807, 2.05) is 6.07 Å². The van der Waals surface area contributed by atoms with Crippen molar-refractivity contribution in [2.75, 3.05) is 19.9 Å². The Morgan fingerprint density at radius 1 is 1.07 bits per heavy atom. The lowest BCUT2D eigenvalue weighted by Gasteiger charge is -2.06. The van der Waals surface area contributed by atoms with Gasteiger partial charge in [0.05, 0.1) is 0 Å². The van der Waals surface area contributed by atoms with Crippen LogP contribution in [-0.2, 0) is 4.79 Å². The predicted molar refractivity (Wildman–Crippen MR) is 98.1 cm³/mol. The number of halogens is 1. The van der Waals surface area contributed by atoms with Gasteiger partial charge in [-0.05, 0) is 48.4 Å². The number of aryl methyl sites for hydroxylation is 1. The molecule has 0 saturated carbocycles. The van der Waals surface area contributed by atoms with Crippen LogP contribution in [0.1, 0.15) is 21.5 Å². The summed E-state index contributed by atoms with van der Waals surface area (Å²) in [6.07, 6.45) is 3.06. The fourth-order valence-electron chi connectivity index (χ4n) is 2.45. The van der Waals surface area contributed by atoms with E-state index in [0.29, 0.717) is 17.1 Å². The highest BCUT2D eigenvalue weighted by atomic mass is 19.1. The fraction of sp³-hybridized carbons (Fsp3) is 0.200. The molecule has 27 heavy (non-hydrogen) atoms. The van der Waals surface area contributed by atoms with Gasteiger partial charge >= 0.3 is 0 Å². The zero-order valence-electron chi connectivity index (χ0n) is 14.8. The second-order valence-corrected chi connectivity index (χ2v) is 5.96. The largest absolute Gasteiger partial charge is 0.454 e. The van der Waals surface area contributed by atoms with Gasteiger partial charge in [-0.3, -0.25) is 9.59 Å². The fourth-order valence-corrected chi connectivity index (χ4v) is 2.45. The number of hydrogen-bond acceptors (Lipinski definition) is 4. The summed E-state index contributed by atoms with van der Waals surface area (Å²) in [5.41, 5.74) is 1.53. The first-order valence-electron chi connectivity index (χ1n) is 8.43. The molecule has 0 aliphatic carbocycles. The Morgan fingerprint density at radius 3 is 2.67 bits per heavy atom. The van der Waals surface area contributed by atoms with Gasteiger partial charge in [-0.2, -0.15) is 0 Å². The van der Waals surface area contributed by atoms with Gasteiger partial charge in [-0.25, -0.2) is 4.39 Å². The number of hydrogen-bond donors (Lipinski definition) is 2. The Labute approximate surface area is 156 Å². The van der Waals surface area contributed by atoms with E-state index in [1.165, 1.54) is 12.1 Å². The van der Waals surface area contributed by atoms with Crippen LogP contribution < -0.4 is 20.1 Å². The molecule has 0 unspecified atom stereocenters. The number of fused-ring (bicyclic) bond motifs is 1. The van der Waals surface area contributed by atoms with Crippen LogP contribution in [0.4, 0.5) is 4.39 Å². The summed E-state index contributed by atoms with van der Waals surface area (Å²) in [4.78, 5) is 23.8. The Morgan fingerprint density at radius 2 is 1.85 bits per heavy atom. The molecule has 3 rings (SSSR count). The average molecular weight is 370 g/mol. The smallest absolute Gasteiger partial charge is 0.251 e. The van der Waals surface area contributed by atoms with Gasteiger partial charge in [-0.1, -0.05) is 12.1 Å². The first kappa shape index (κ1) is 18.4. The summed E-state index contributed by atoms with van der Waals surface area (Å²) in [7, 11) is 0. The summed E-state index contributed by atoms with van der Waals surface area (Å²) in [6, 6.07) is 9.68. The molecule has 1 aliphatic heterocycles. The van der Waals surface area contributed by atoms with E-state index in [-0.39, 0.29) is 37.3 Å². The third-order valence-corrected chi connectivity index (χ3v) is 3.97. The molecular weight excluding hydrogens is 351 g/mol. The van der Waals surface area contributed by atoms with Crippen LogP contribution in [0.2, 0.25) is 0 Å². The molecule has 2 aromatic carbocycles. The summed E-state index contributed by atoms with van der Waals surface area (Å²) in [5, 5.41) is 5.29. The molecule has 1 heterocycles. The molecule has 2 amide bonds. The summed E-state index contributed by atoms with van der Waals surface area (Å²) < 4.78 is 24.0. The molecule has 0 saturated heterocycles. The van der Waals surface area contributed by atoms with Gasteiger partial charge in [0.2, 0.25) is 12.7 Å². The number of amides is 2. The third-order valence-electron chi connectivity index (χ3n) is 3.97. The van der Waals surface area contributed by atoms with Crippen molar-refractivity contribution < 1.29 is 23.5 Å². The third kappa shape index (κ3) is 4.84. The normalized spacial score (nSPS) is 12.2. The Kier molecular flexibility index (Phi) is 5.71. The standard InChI is InChI=1S/C20H19FN2O4/c1-13-2-5-15(11-16(13)21)20(25)23-9-8-22-19(24)7-4-14-3-6-17-18(10-14)27-12-26-17/h2-7,10-11H,8-9,12H2,1H3,(H,22,24)(H,23,25)/b7-4+. The number of rotatable bonds is 6. The van der Waals surface area contributed by atoms with Crippen LogP contribution in [0, 0.1) is 12.7 Å². The molecule has 0 atom stereocenters. The average Bonchev–Trinajstić information content (AvgIpc) is 3.13. The highest BCUT2D eigenvalue weighted by Gasteiger charge is 2.12. The second-order valence-electron chi connectivity index (χ2n) is 5.96. The van der Waals surface area contributed by atoms with Gasteiger partial charge < -0.3 is 20.1 Å². The molecule has 0 aromatic heterocycles. The van der Waals surface area contributed by atoms with E-state index < -0.39 is 5.82 Å². The Hall–Kier alpha value is -3.35. The minimum atomic E-state index is -0.426. The number of nitrogens with one attached hydrogen (secondary N) is 2. The van der Waals surface area contributed by atoms with E-state index in [0.717, 1.165) is 5.56 Å². The van der Waals surface area contributed by atoms with Crippen LogP contribution in [0.3, 0.4) is 0 Å². The van der Waals surface area contributed by atoms with Crippen molar-refractivity contribution in [3.05, 3.63) is 65.0 Å². The number of carbonyl (C=O) groups excluding carboxylic acids is 2. The Balaban J connectivity index is 1.41. The highest BCUT2D eigenvalue weighted by molar-refractivity contribution is 5.94. The molecule has 1 aliphatic rings. The van der Waals surface area contributed by atoms with E-state index in [4.69, 9.17) is 9.47 Å². The summed E-state index contributed by atoms with van der Waals surface area (Å²) >= 11 is 0. The van der Waals surface area contributed by atoms with Crippen LogP contribution >= 0.6 is 0 Å². The maximum absolute atomic E-state index is 13.5. The lowest BCUT2D eigenvalue weighted by atomic mass is 10.1. The summed E-state index contributed by atoms with van der Waals surface area (Å²) in [5.74, 6) is 0.223. The van der Waals surface area contributed by atoms with E-state index in [1.54, 1.807) is 37.3 Å². The van der Waals surface area contributed by atoms with Gasteiger partial charge in [0, 0.05) is 24.7 Å². The molecule has 2 aromatic rings. The van der Waals surface area contributed by atoms with Crippen LogP contribution in [0.25, 0.3) is 6.08 Å². The molecule has 6 nitrogen and oxygen atoms in total. The number of ether oxygens (including phenoxy) is 2. The maximum atomic E-state index is 13.5. The van der Waals surface area contributed by atoms with Crippen LogP contribution in [0.15, 0.2) is 42.5 Å². The van der Waals surface area contributed by atoms with Crippen molar-refractivity contribution in [2.45, 2.75) is 6.92 Å². The monoisotopic (exact) mass is 370 g/mol. The minimum Gasteiger partial charge on any atom is -0.454 e. The molecule has 0 spiro atoms. The van der Waals surface area contributed by atoms with E-state index in [2.05, 4.69) is 10.6 Å². The topological polar surface area (TPSA) is 76.7 Å². The highest BCUT2D eigenvalue weighted by Crippen LogP contribution is 2.32. The van der Waals surface area contributed by atoms with Crippen molar-refractivity contribution in [1.82, 2.24) is 10.6 Å². The van der Waals surface area contributed by atoms with E-state index in [9.17, 15) is 14.0 Å². The molecule has 7 heteroatoms. The van der Waals surface area contributed by atoms with Gasteiger partial charge in [0.1, 0.15) is 5.82 Å². The molecular formula is C20H19FN2O4. The zero-order chi connectivity index (χ0) is 19.2. The van der Waals surface area contributed by atoms with Crippen molar-refractivity contribution in [2.24, 2.45) is 0 Å². The van der Waals surface area contributed by atoms with Crippen molar-refractivity contribution in [3.63, 3.8) is 0 Å². The Bertz CT molecular complexity index is 896. The molecule has 0 radical (unpaired) electrons. The lowest BCUT2D eigenvalue weighted by molar-refractivity contribution is -0.116. The van der Waals surface area contributed by atoms with Gasteiger partial charge in [0.15, 0.2) is 11.5 Å². The molecule has 0 bridgehead atoms. The lowest BCUT2D eigenvalue weighted by Crippen LogP contribution is -2.34. The molecule has 2 N–H and O–H groups in total. The zero-order valence-corrected chi connectivity index (χ0v) is 14.8. The summed E-state index contributed by atoms with van der Waals surface area (Å²) in [6.45, 7) is 2.32. The predicted octanol–water partition coefficient (Wildman–Crippen LogP) is 2.42. The molecule has 140 valence electrons. The van der Waals surface area contributed by atoms with Crippen LogP contribution in [-0.4, -0.2) is 31.7 Å². The number of carbonyl (C=O) groups is 2. The second kappa shape index (κ2) is 8.35. The maximum Gasteiger partial charge on any atom is 0.251 e. The number of benzene rings is 2. The van der Waals surface area contributed by atoms with E-state index >= 15 is 0 Å². The SMILES string of the molecule is Cc1ccc(C(=O)NCCNC(=O)/C=C/c2ccc3c(c2)OCO3)cc1F.